The predicted octanol–water partition coefficient (Wildman–Crippen LogP) is 13.5. The number of rotatable bonds is 0. The van der Waals surface area contributed by atoms with E-state index in [-0.39, 0.29) is 0 Å². The van der Waals surface area contributed by atoms with Crippen LogP contribution in [-0.2, 0) is 25.7 Å². The molecule has 4 aliphatic carbocycles. The van der Waals surface area contributed by atoms with Gasteiger partial charge >= 0.3 is 0 Å². The molecule has 0 saturated heterocycles. The summed E-state index contributed by atoms with van der Waals surface area (Å²) in [5.74, 6) is 0. The summed E-state index contributed by atoms with van der Waals surface area (Å²) in [5.41, 5.74) is 32.4. The fourth-order valence-corrected chi connectivity index (χ4v) is 13.0. The summed E-state index contributed by atoms with van der Waals surface area (Å²) in [6, 6.07) is 48.6. The van der Waals surface area contributed by atoms with E-state index in [1.54, 1.807) is 0 Å². The highest BCUT2D eigenvalue weighted by molar-refractivity contribution is 6.17. The molecule has 0 saturated carbocycles. The predicted molar refractivity (Wildman–Crippen MR) is 280 cm³/mol. The summed E-state index contributed by atoms with van der Waals surface area (Å²) < 4.78 is 4.49. The molecule has 0 fully saturated rings. The van der Waals surface area contributed by atoms with Crippen LogP contribution in [0.3, 0.4) is 0 Å². The Kier molecular flexibility index (Phi) is 7.02. The molecule has 8 aromatic heterocycles. The Balaban J connectivity index is 0.000000117. The van der Waals surface area contributed by atoms with Gasteiger partial charge in [0.2, 0.25) is 0 Å². The minimum absolute atomic E-state index is 0.910. The molecule has 0 radical (unpaired) electrons. The molecule has 0 amide bonds. The summed E-state index contributed by atoms with van der Waals surface area (Å²) in [5, 5.41) is 4.75. The summed E-state index contributed by atoms with van der Waals surface area (Å²) >= 11 is 0. The van der Waals surface area contributed by atoms with Crippen LogP contribution in [0.4, 0.5) is 0 Å². The van der Waals surface area contributed by atoms with Crippen LogP contribution in [-0.4, -0.2) is 38.7 Å². The normalized spacial score (nSPS) is 13.5. The third-order valence-electron chi connectivity index (χ3n) is 15.9. The Morgan fingerprint density at radius 2 is 0.886 bits per heavy atom. The molecule has 70 heavy (non-hydrogen) atoms. The van der Waals surface area contributed by atoms with Crippen molar-refractivity contribution in [3.8, 4) is 44.5 Å². The van der Waals surface area contributed by atoms with Gasteiger partial charge in [-0.15, -0.1) is 0 Å². The standard InChI is InChI=1S/2C31H18N4/c1-2-5-19-17(4-1)14-18-7-8-20-21-9-10-22-29(24(21)15-23(20)28(18)19)31-34-25-11-13-32-16-27(25)35(31)26-6-3-12-33-30(22)26;1-2-5-20-17(4-1)12-18-13-24-19(14-23(18)20)15-25-21(24)7-8-22-29(25)31-34-26-9-11-32-16-28(26)35(31)27-6-3-10-33-30(22)27/h1-13,16H,14-15H2;1-11,13-14,16H,12,15H2. The van der Waals surface area contributed by atoms with Gasteiger partial charge in [-0.3, -0.25) is 28.7 Å². The summed E-state index contributed by atoms with van der Waals surface area (Å²) in [6.07, 6.45) is 15.1. The largest absolute Gasteiger partial charge is 0.289 e. The second-order valence-corrected chi connectivity index (χ2v) is 19.4. The number of hydrogen-bond donors (Lipinski definition) is 0. The fraction of sp³-hybridized carbons (Fsp3) is 0.0645. The van der Waals surface area contributed by atoms with Crippen LogP contribution in [0.25, 0.3) is 121 Å². The van der Waals surface area contributed by atoms with E-state index in [0.717, 1.165) is 81.1 Å². The Hall–Kier alpha value is -9.14. The Bertz CT molecular complexity index is 4730. The van der Waals surface area contributed by atoms with Crippen LogP contribution in [0.2, 0.25) is 0 Å². The number of fused-ring (bicyclic) bond motifs is 31. The lowest BCUT2D eigenvalue weighted by molar-refractivity contribution is 1.23. The number of pyridine rings is 6. The Morgan fingerprint density at radius 3 is 1.56 bits per heavy atom. The second-order valence-electron chi connectivity index (χ2n) is 19.4. The molecule has 8 heteroatoms. The van der Waals surface area contributed by atoms with Crippen LogP contribution in [0.15, 0.2) is 171 Å². The molecular weight excluding hydrogens is 857 g/mol. The first kappa shape index (κ1) is 36.9. The molecule has 6 aromatic carbocycles. The molecule has 18 rings (SSSR count). The van der Waals surface area contributed by atoms with Gasteiger partial charge in [-0.25, -0.2) is 9.97 Å². The van der Waals surface area contributed by atoms with E-state index in [4.69, 9.17) is 19.9 Å². The van der Waals surface area contributed by atoms with E-state index in [1.807, 2.05) is 61.4 Å². The van der Waals surface area contributed by atoms with Crippen LogP contribution in [0, 0.1) is 0 Å². The molecule has 8 nitrogen and oxygen atoms in total. The zero-order chi connectivity index (χ0) is 45.3. The SMILES string of the molecule is c1ccc2c(c1)Cc1cc3c(cc1-2)Cc1c-3ccc2c3ncccc3n3c4cnccc4nc3c12.c1ccc2c(c1)Cc1ccc3c(c1-2)Cc1c-3ccc2c3ncccc3n3c4cnccc4nc3c12. The van der Waals surface area contributed by atoms with Gasteiger partial charge in [-0.2, -0.15) is 0 Å². The smallest absolute Gasteiger partial charge is 0.146 e. The fourth-order valence-electron chi connectivity index (χ4n) is 13.0. The van der Waals surface area contributed by atoms with Crippen molar-refractivity contribution in [1.29, 1.82) is 0 Å². The third-order valence-corrected chi connectivity index (χ3v) is 15.9. The molecule has 0 bridgehead atoms. The molecule has 8 heterocycles. The lowest BCUT2D eigenvalue weighted by Gasteiger charge is -2.11. The number of hydrogen-bond acceptors (Lipinski definition) is 6. The second kappa shape index (κ2) is 13.3. The summed E-state index contributed by atoms with van der Waals surface area (Å²) in [4.78, 5) is 28.7. The van der Waals surface area contributed by atoms with Gasteiger partial charge in [-0.1, -0.05) is 84.9 Å². The minimum atomic E-state index is 0.910. The average molecular weight is 893 g/mol. The lowest BCUT2D eigenvalue weighted by atomic mass is 9.95. The van der Waals surface area contributed by atoms with Crippen molar-refractivity contribution in [1.82, 2.24) is 38.7 Å². The number of nitrogens with zero attached hydrogens (tertiary/aromatic N) is 8. The molecule has 0 aliphatic heterocycles. The van der Waals surface area contributed by atoms with Crippen molar-refractivity contribution in [2.45, 2.75) is 25.7 Å². The number of benzene rings is 6. The monoisotopic (exact) mass is 892 g/mol. The van der Waals surface area contributed by atoms with E-state index in [1.165, 1.54) is 111 Å². The quantitative estimate of drug-likeness (QED) is 0.141. The van der Waals surface area contributed by atoms with E-state index in [9.17, 15) is 0 Å². The van der Waals surface area contributed by atoms with Crippen molar-refractivity contribution < 1.29 is 0 Å². The minimum Gasteiger partial charge on any atom is -0.289 e. The van der Waals surface area contributed by atoms with Crippen molar-refractivity contribution in [2.24, 2.45) is 0 Å². The molecule has 324 valence electrons. The van der Waals surface area contributed by atoms with Crippen LogP contribution in [0.5, 0.6) is 0 Å². The van der Waals surface area contributed by atoms with Crippen LogP contribution >= 0.6 is 0 Å². The number of aromatic nitrogens is 8. The Morgan fingerprint density at radius 1 is 0.357 bits per heavy atom. The maximum Gasteiger partial charge on any atom is 0.146 e. The molecule has 4 aliphatic rings. The third kappa shape index (κ3) is 4.74. The van der Waals surface area contributed by atoms with Gasteiger partial charge in [0.05, 0.1) is 56.5 Å². The van der Waals surface area contributed by atoms with Crippen molar-refractivity contribution in [3.05, 3.63) is 215 Å². The lowest BCUT2D eigenvalue weighted by Crippen LogP contribution is -1.96. The van der Waals surface area contributed by atoms with Gasteiger partial charge in [0.1, 0.15) is 11.3 Å². The van der Waals surface area contributed by atoms with Gasteiger partial charge in [0.15, 0.2) is 0 Å². The molecule has 0 unspecified atom stereocenters. The number of imidazole rings is 2. The van der Waals surface area contributed by atoms with Gasteiger partial charge in [0.25, 0.3) is 0 Å². The van der Waals surface area contributed by atoms with E-state index >= 15 is 0 Å². The first-order valence-corrected chi connectivity index (χ1v) is 24.1. The first-order chi connectivity index (χ1) is 34.7. The molecular formula is C62H36N8. The highest BCUT2D eigenvalue weighted by Crippen LogP contribution is 2.51. The van der Waals surface area contributed by atoms with Crippen molar-refractivity contribution in [2.75, 3.05) is 0 Å². The molecule has 0 N–H and O–H groups in total. The van der Waals surface area contributed by atoms with E-state index in [0.29, 0.717) is 0 Å². The Labute approximate surface area is 399 Å². The highest BCUT2D eigenvalue weighted by atomic mass is 15.0. The molecule has 0 atom stereocenters. The average Bonchev–Trinajstić information content (AvgIpc) is 4.27. The van der Waals surface area contributed by atoms with Crippen molar-refractivity contribution in [3.63, 3.8) is 0 Å². The topological polar surface area (TPSA) is 86.2 Å². The van der Waals surface area contributed by atoms with E-state index in [2.05, 4.69) is 128 Å². The van der Waals surface area contributed by atoms with Crippen LogP contribution < -0.4 is 0 Å². The summed E-state index contributed by atoms with van der Waals surface area (Å²) in [7, 11) is 0. The maximum absolute atomic E-state index is 5.14. The zero-order valence-electron chi connectivity index (χ0n) is 37.6. The first-order valence-electron chi connectivity index (χ1n) is 24.1. The van der Waals surface area contributed by atoms with Gasteiger partial charge < -0.3 is 0 Å². The maximum atomic E-state index is 5.14. The summed E-state index contributed by atoms with van der Waals surface area (Å²) in [6.45, 7) is 0. The van der Waals surface area contributed by atoms with Gasteiger partial charge in [0, 0.05) is 52.8 Å². The highest BCUT2D eigenvalue weighted by Gasteiger charge is 2.32. The van der Waals surface area contributed by atoms with Gasteiger partial charge in [-0.05, 0) is 157 Å². The van der Waals surface area contributed by atoms with Crippen LogP contribution in [0.1, 0.15) is 44.5 Å². The van der Waals surface area contributed by atoms with Crippen molar-refractivity contribution >= 4 is 77.0 Å². The molecule has 0 spiro atoms. The molecule has 14 aromatic rings. The van der Waals surface area contributed by atoms with E-state index < -0.39 is 0 Å². The zero-order valence-corrected chi connectivity index (χ0v) is 37.6.